The monoisotopic (exact) mass is 461 g/mol. The lowest BCUT2D eigenvalue weighted by atomic mass is 10.0. The zero-order valence-electron chi connectivity index (χ0n) is 17.8. The van der Waals surface area contributed by atoms with Crippen LogP contribution in [0.4, 0.5) is 19.3 Å². The summed E-state index contributed by atoms with van der Waals surface area (Å²) in [6.07, 6.45) is 3.30. The van der Waals surface area contributed by atoms with Crippen LogP contribution in [0.15, 0.2) is 67.3 Å². The van der Waals surface area contributed by atoms with E-state index < -0.39 is 29.8 Å². The number of esters is 1. The molecule has 0 spiro atoms. The fourth-order valence-corrected chi connectivity index (χ4v) is 2.71. The van der Waals surface area contributed by atoms with Gasteiger partial charge in [-0.25, -0.2) is 18.4 Å². The first kappa shape index (κ1) is 25.5. The first-order valence-electron chi connectivity index (χ1n) is 10.1. The van der Waals surface area contributed by atoms with Gasteiger partial charge in [0.15, 0.2) is 0 Å². The molecule has 33 heavy (non-hydrogen) atoms. The smallest absolute Gasteiger partial charge is 0.412 e. The Hall–Kier alpha value is -3.72. The standard InChI is InChI=1S/C24H25F2NO6/c1-2-14-32-23(29)6-4-3-5-22(17-7-10-19(11-8-17)31-15-13-28)33-24(30)27-21-12-9-18(25)16-20(21)26/h2,4,6-12,16,22,28H,1,3,5,13-15H2,(H,27,30)/b6-4+/t22-/m0/s1. The van der Waals surface area contributed by atoms with Crippen LogP contribution in [-0.2, 0) is 14.3 Å². The molecule has 0 bridgehead atoms. The molecule has 2 N–H and O–H groups in total. The Morgan fingerprint density at radius 1 is 1.15 bits per heavy atom. The molecule has 0 heterocycles. The highest BCUT2D eigenvalue weighted by molar-refractivity contribution is 5.85. The van der Waals surface area contributed by atoms with Gasteiger partial charge in [-0.1, -0.05) is 30.9 Å². The lowest BCUT2D eigenvalue weighted by molar-refractivity contribution is -0.136. The molecule has 7 nitrogen and oxygen atoms in total. The van der Waals surface area contributed by atoms with Crippen LogP contribution in [0.2, 0.25) is 0 Å². The summed E-state index contributed by atoms with van der Waals surface area (Å²) in [6.45, 7) is 3.56. The van der Waals surface area contributed by atoms with Gasteiger partial charge in [-0.2, -0.15) is 0 Å². The molecule has 0 aliphatic heterocycles. The predicted octanol–water partition coefficient (Wildman–Crippen LogP) is 4.69. The number of carbonyl (C=O) groups excluding carboxylic acids is 2. The highest BCUT2D eigenvalue weighted by Crippen LogP contribution is 2.26. The number of amides is 1. The number of carbonyl (C=O) groups is 2. The third-order valence-corrected chi connectivity index (χ3v) is 4.22. The van der Waals surface area contributed by atoms with Gasteiger partial charge in [-0.15, -0.1) is 0 Å². The Morgan fingerprint density at radius 2 is 1.91 bits per heavy atom. The molecular formula is C24H25F2NO6. The predicted molar refractivity (Wildman–Crippen MR) is 118 cm³/mol. The maximum absolute atomic E-state index is 13.8. The summed E-state index contributed by atoms with van der Waals surface area (Å²) in [4.78, 5) is 23.9. The third-order valence-electron chi connectivity index (χ3n) is 4.22. The molecule has 1 atom stereocenters. The van der Waals surface area contributed by atoms with E-state index in [1.54, 1.807) is 30.3 Å². The number of anilines is 1. The molecule has 0 unspecified atom stereocenters. The number of aliphatic hydroxyl groups is 1. The van der Waals surface area contributed by atoms with E-state index in [0.717, 1.165) is 12.1 Å². The second-order valence-corrected chi connectivity index (χ2v) is 6.68. The van der Waals surface area contributed by atoms with E-state index in [2.05, 4.69) is 11.9 Å². The Morgan fingerprint density at radius 3 is 2.58 bits per heavy atom. The lowest BCUT2D eigenvalue weighted by Gasteiger charge is -2.19. The molecule has 9 heteroatoms. The molecular weight excluding hydrogens is 436 g/mol. The molecule has 0 aliphatic rings. The quantitative estimate of drug-likeness (QED) is 0.271. The number of hydrogen-bond acceptors (Lipinski definition) is 6. The maximum Gasteiger partial charge on any atom is 0.412 e. The van der Waals surface area contributed by atoms with Crippen LogP contribution in [0, 0.1) is 11.6 Å². The number of benzene rings is 2. The van der Waals surface area contributed by atoms with Crippen molar-refractivity contribution in [1.82, 2.24) is 0 Å². The Kier molecular flexibility index (Phi) is 10.6. The van der Waals surface area contributed by atoms with Gasteiger partial charge < -0.3 is 19.3 Å². The van der Waals surface area contributed by atoms with E-state index in [1.807, 2.05) is 0 Å². The second-order valence-electron chi connectivity index (χ2n) is 6.68. The number of halogens is 2. The van der Waals surface area contributed by atoms with Gasteiger partial charge in [0, 0.05) is 12.1 Å². The van der Waals surface area contributed by atoms with Gasteiger partial charge in [0.1, 0.15) is 36.7 Å². The summed E-state index contributed by atoms with van der Waals surface area (Å²) in [5, 5.41) is 11.1. The molecule has 2 aromatic carbocycles. The van der Waals surface area contributed by atoms with Crippen molar-refractivity contribution >= 4 is 17.7 Å². The minimum absolute atomic E-state index is 0.0970. The van der Waals surface area contributed by atoms with Crippen LogP contribution < -0.4 is 10.1 Å². The van der Waals surface area contributed by atoms with E-state index in [4.69, 9.17) is 19.3 Å². The molecule has 2 rings (SSSR count). The van der Waals surface area contributed by atoms with Crippen LogP contribution in [0.25, 0.3) is 0 Å². The van der Waals surface area contributed by atoms with Crippen LogP contribution in [0.1, 0.15) is 24.5 Å². The summed E-state index contributed by atoms with van der Waals surface area (Å²) in [6, 6.07) is 9.43. The molecule has 0 radical (unpaired) electrons. The summed E-state index contributed by atoms with van der Waals surface area (Å²) < 4.78 is 42.5. The number of rotatable bonds is 12. The number of hydrogen-bond donors (Lipinski definition) is 2. The van der Waals surface area contributed by atoms with Crippen molar-refractivity contribution in [1.29, 1.82) is 0 Å². The summed E-state index contributed by atoms with van der Waals surface area (Å²) in [7, 11) is 0. The van der Waals surface area contributed by atoms with Gasteiger partial charge in [-0.05, 0) is 42.7 Å². The van der Waals surface area contributed by atoms with Gasteiger partial charge in [0.25, 0.3) is 0 Å². The van der Waals surface area contributed by atoms with E-state index in [1.165, 1.54) is 12.2 Å². The fourth-order valence-electron chi connectivity index (χ4n) is 2.71. The highest BCUT2D eigenvalue weighted by Gasteiger charge is 2.18. The van der Waals surface area contributed by atoms with Crippen molar-refractivity contribution in [2.24, 2.45) is 0 Å². The van der Waals surface area contributed by atoms with Gasteiger partial charge in [0.2, 0.25) is 0 Å². The number of allylic oxidation sites excluding steroid dienone is 1. The van der Waals surface area contributed by atoms with E-state index in [9.17, 15) is 18.4 Å². The van der Waals surface area contributed by atoms with Crippen molar-refractivity contribution in [3.63, 3.8) is 0 Å². The number of aliphatic hydroxyl groups excluding tert-OH is 1. The van der Waals surface area contributed by atoms with Crippen LogP contribution in [0.3, 0.4) is 0 Å². The second kappa shape index (κ2) is 13.6. The number of nitrogens with one attached hydrogen (secondary N) is 1. The normalized spacial score (nSPS) is 11.6. The van der Waals surface area contributed by atoms with Crippen LogP contribution in [-0.4, -0.2) is 37.0 Å². The van der Waals surface area contributed by atoms with Gasteiger partial charge >= 0.3 is 12.1 Å². The molecule has 2 aromatic rings. The largest absolute Gasteiger partial charge is 0.491 e. The minimum Gasteiger partial charge on any atom is -0.491 e. The van der Waals surface area contributed by atoms with Crippen molar-refractivity contribution in [2.75, 3.05) is 25.1 Å². The van der Waals surface area contributed by atoms with Gasteiger partial charge in [-0.3, -0.25) is 5.32 Å². The van der Waals surface area contributed by atoms with Gasteiger partial charge in [0.05, 0.1) is 12.3 Å². The Bertz CT molecular complexity index is 962. The Labute approximate surface area is 190 Å². The summed E-state index contributed by atoms with van der Waals surface area (Å²) in [5.41, 5.74) is 0.404. The minimum atomic E-state index is -0.935. The molecule has 0 saturated carbocycles. The van der Waals surface area contributed by atoms with Crippen molar-refractivity contribution < 1.29 is 37.7 Å². The zero-order valence-corrected chi connectivity index (χ0v) is 17.8. The molecule has 1 amide bonds. The summed E-state index contributed by atoms with van der Waals surface area (Å²) >= 11 is 0. The number of ether oxygens (including phenoxy) is 3. The van der Waals surface area contributed by atoms with Crippen LogP contribution in [0.5, 0.6) is 5.75 Å². The molecule has 0 fully saturated rings. The van der Waals surface area contributed by atoms with E-state index >= 15 is 0 Å². The maximum atomic E-state index is 13.8. The van der Waals surface area contributed by atoms with Crippen molar-refractivity contribution in [2.45, 2.75) is 18.9 Å². The average molecular weight is 461 g/mol. The molecule has 176 valence electrons. The third kappa shape index (κ3) is 9.12. The highest BCUT2D eigenvalue weighted by atomic mass is 19.1. The van der Waals surface area contributed by atoms with Crippen molar-refractivity contribution in [3.05, 3.63) is 84.5 Å². The Balaban J connectivity index is 2.07. The summed E-state index contributed by atoms with van der Waals surface area (Å²) in [5.74, 6) is -1.71. The molecule has 0 aliphatic carbocycles. The SMILES string of the molecule is C=CCOC(=O)/C=C/CC[C@H](OC(=O)Nc1ccc(F)cc1F)c1ccc(OCCO)cc1. The topological polar surface area (TPSA) is 94.1 Å². The first-order chi connectivity index (χ1) is 15.9. The molecule has 0 saturated heterocycles. The first-order valence-corrected chi connectivity index (χ1v) is 10.1. The van der Waals surface area contributed by atoms with E-state index in [0.29, 0.717) is 30.2 Å². The zero-order chi connectivity index (χ0) is 24.1. The van der Waals surface area contributed by atoms with E-state index in [-0.39, 0.29) is 25.5 Å². The lowest BCUT2D eigenvalue weighted by Crippen LogP contribution is -2.18. The fraction of sp³-hybridized carbons (Fsp3) is 0.250. The average Bonchev–Trinajstić information content (AvgIpc) is 2.80. The molecule has 0 aromatic heterocycles. The van der Waals surface area contributed by atoms with Crippen molar-refractivity contribution in [3.8, 4) is 5.75 Å². The van der Waals surface area contributed by atoms with Crippen LogP contribution >= 0.6 is 0 Å².